The van der Waals surface area contributed by atoms with Gasteiger partial charge in [0.2, 0.25) is 5.91 Å². The molecule has 1 fully saturated rings. The van der Waals surface area contributed by atoms with Crippen LogP contribution in [0, 0.1) is 5.82 Å². The summed E-state index contributed by atoms with van der Waals surface area (Å²) in [5, 5.41) is 0. The Hall–Kier alpha value is -3.29. The summed E-state index contributed by atoms with van der Waals surface area (Å²) in [7, 11) is 0. The third kappa shape index (κ3) is 5.12. The molecule has 0 aliphatic carbocycles. The maximum atomic E-state index is 13.1. The fourth-order valence-corrected chi connectivity index (χ4v) is 3.91. The number of nitrogens with zero attached hydrogens (tertiary/aromatic N) is 3. The molecule has 4 nitrogen and oxygen atoms in total. The lowest BCUT2D eigenvalue weighted by Crippen LogP contribution is -2.40. The Kier molecular flexibility index (Phi) is 6.21. The van der Waals surface area contributed by atoms with Gasteiger partial charge < -0.3 is 4.90 Å². The lowest BCUT2D eigenvalue weighted by Gasteiger charge is -2.32. The molecule has 1 amide bonds. The monoisotopic (exact) mass is 443 g/mol. The first-order valence-corrected chi connectivity index (χ1v) is 10.3. The maximum absolute atomic E-state index is 13.1. The van der Waals surface area contributed by atoms with Gasteiger partial charge in [0.1, 0.15) is 5.82 Å². The van der Waals surface area contributed by atoms with Crippen LogP contribution in [0.1, 0.15) is 35.6 Å². The van der Waals surface area contributed by atoms with E-state index in [4.69, 9.17) is 0 Å². The van der Waals surface area contributed by atoms with Gasteiger partial charge >= 0.3 is 6.18 Å². The number of piperidine rings is 1. The van der Waals surface area contributed by atoms with Gasteiger partial charge in [0, 0.05) is 30.8 Å². The summed E-state index contributed by atoms with van der Waals surface area (Å²) in [5.74, 6) is -0.457. The molecule has 166 valence electrons. The average Bonchev–Trinajstić information content (AvgIpc) is 2.80. The maximum Gasteiger partial charge on any atom is 0.416 e. The number of amides is 1. The molecule has 32 heavy (non-hydrogen) atoms. The molecule has 1 aromatic heterocycles. The van der Waals surface area contributed by atoms with Gasteiger partial charge in [-0.1, -0.05) is 24.3 Å². The Morgan fingerprint density at radius 2 is 1.88 bits per heavy atom. The molecule has 0 saturated carbocycles. The van der Waals surface area contributed by atoms with Crippen LogP contribution in [0.2, 0.25) is 0 Å². The first kappa shape index (κ1) is 21.9. The molecule has 2 aromatic carbocycles. The smallest absolute Gasteiger partial charge is 0.342 e. The van der Waals surface area contributed by atoms with Gasteiger partial charge in [0.15, 0.2) is 0 Å². The van der Waals surface area contributed by atoms with E-state index in [2.05, 4.69) is 9.97 Å². The minimum absolute atomic E-state index is 0.0525. The van der Waals surface area contributed by atoms with Crippen molar-refractivity contribution in [1.82, 2.24) is 14.9 Å². The number of hydrogen-bond acceptors (Lipinski definition) is 3. The van der Waals surface area contributed by atoms with E-state index in [1.165, 1.54) is 24.4 Å². The van der Waals surface area contributed by atoms with Crippen LogP contribution in [0.15, 0.2) is 60.9 Å². The molecule has 2 heterocycles. The number of halogens is 4. The summed E-state index contributed by atoms with van der Waals surface area (Å²) in [5.41, 5.74) is 1.36. The molecule has 1 atom stereocenters. The fraction of sp³-hybridized carbons (Fsp3) is 0.292. The van der Waals surface area contributed by atoms with Gasteiger partial charge in [-0.2, -0.15) is 13.2 Å². The summed E-state index contributed by atoms with van der Waals surface area (Å²) >= 11 is 0. The van der Waals surface area contributed by atoms with Crippen molar-refractivity contribution in [2.24, 2.45) is 0 Å². The summed E-state index contributed by atoms with van der Waals surface area (Å²) in [6, 6.07) is 10.9. The van der Waals surface area contributed by atoms with E-state index in [0.717, 1.165) is 30.5 Å². The molecular formula is C24H21F4N3O. The van der Waals surface area contributed by atoms with Crippen LogP contribution in [0.5, 0.6) is 0 Å². The topological polar surface area (TPSA) is 46.1 Å². The lowest BCUT2D eigenvalue weighted by atomic mass is 9.94. The van der Waals surface area contributed by atoms with Crippen LogP contribution in [0.25, 0.3) is 11.3 Å². The van der Waals surface area contributed by atoms with E-state index in [1.54, 1.807) is 29.3 Å². The van der Waals surface area contributed by atoms with Gasteiger partial charge in [-0.15, -0.1) is 0 Å². The quantitative estimate of drug-likeness (QED) is 0.518. The van der Waals surface area contributed by atoms with E-state index >= 15 is 0 Å². The molecule has 0 spiro atoms. The highest BCUT2D eigenvalue weighted by molar-refractivity contribution is 5.79. The van der Waals surface area contributed by atoms with Crippen LogP contribution >= 0.6 is 0 Å². The highest BCUT2D eigenvalue weighted by Gasteiger charge is 2.31. The van der Waals surface area contributed by atoms with Gasteiger partial charge in [0.25, 0.3) is 0 Å². The van der Waals surface area contributed by atoms with Gasteiger partial charge in [-0.05, 0) is 42.7 Å². The molecule has 4 rings (SSSR count). The third-order valence-electron chi connectivity index (χ3n) is 5.60. The molecule has 1 aliphatic heterocycles. The number of likely N-dealkylation sites (tertiary alicyclic amines) is 1. The second kappa shape index (κ2) is 9.06. The molecule has 0 N–H and O–H groups in total. The van der Waals surface area contributed by atoms with Crippen LogP contribution in [0.4, 0.5) is 17.6 Å². The van der Waals surface area contributed by atoms with Crippen LogP contribution in [0.3, 0.4) is 0 Å². The second-order valence-electron chi connectivity index (χ2n) is 7.89. The van der Waals surface area contributed by atoms with Crippen molar-refractivity contribution in [3.63, 3.8) is 0 Å². The molecule has 3 aromatic rings. The van der Waals surface area contributed by atoms with Crippen molar-refractivity contribution in [3.8, 4) is 11.3 Å². The predicted octanol–water partition coefficient (Wildman–Crippen LogP) is 5.25. The average molecular weight is 443 g/mol. The molecule has 0 radical (unpaired) electrons. The van der Waals surface area contributed by atoms with Crippen molar-refractivity contribution in [1.29, 1.82) is 0 Å². The predicted molar refractivity (Wildman–Crippen MR) is 111 cm³/mol. The van der Waals surface area contributed by atoms with Gasteiger partial charge in [0.05, 0.1) is 29.6 Å². The second-order valence-corrected chi connectivity index (χ2v) is 7.89. The minimum atomic E-state index is -4.43. The van der Waals surface area contributed by atoms with Crippen molar-refractivity contribution < 1.29 is 22.4 Å². The van der Waals surface area contributed by atoms with Gasteiger partial charge in [-0.25, -0.2) is 9.37 Å². The van der Waals surface area contributed by atoms with Crippen molar-refractivity contribution in [3.05, 3.63) is 83.6 Å². The Morgan fingerprint density at radius 3 is 2.62 bits per heavy atom. The highest BCUT2D eigenvalue weighted by atomic mass is 19.4. The molecule has 1 saturated heterocycles. The van der Waals surface area contributed by atoms with Crippen LogP contribution < -0.4 is 0 Å². The van der Waals surface area contributed by atoms with E-state index < -0.39 is 11.7 Å². The number of carbonyl (C=O) groups excluding carboxylic acids is 1. The minimum Gasteiger partial charge on any atom is -0.342 e. The van der Waals surface area contributed by atoms with Crippen molar-refractivity contribution in [2.75, 3.05) is 13.1 Å². The first-order valence-electron chi connectivity index (χ1n) is 10.3. The summed E-state index contributed by atoms with van der Waals surface area (Å²) < 4.78 is 52.3. The van der Waals surface area contributed by atoms with E-state index in [9.17, 15) is 22.4 Å². The number of aromatic nitrogens is 2. The van der Waals surface area contributed by atoms with E-state index in [-0.39, 0.29) is 24.1 Å². The van der Waals surface area contributed by atoms with E-state index in [1.807, 2.05) is 0 Å². The number of alkyl halides is 3. The zero-order valence-electron chi connectivity index (χ0n) is 17.1. The van der Waals surface area contributed by atoms with Crippen LogP contribution in [-0.2, 0) is 17.4 Å². The van der Waals surface area contributed by atoms with Crippen molar-refractivity contribution in [2.45, 2.75) is 31.4 Å². The highest BCUT2D eigenvalue weighted by Crippen LogP contribution is 2.32. The summed E-state index contributed by atoms with van der Waals surface area (Å²) in [4.78, 5) is 23.3. The standard InChI is InChI=1S/C24H21F4N3O/c25-20-8-6-16(7-9-20)11-23(32)31-10-2-4-18(15-31)22-14-29-13-21(30-22)17-3-1-5-19(12-17)24(26,27)28/h1,3,5-9,12-14,18H,2,4,10-11,15H2. The zero-order valence-corrected chi connectivity index (χ0v) is 17.1. The number of hydrogen-bond donors (Lipinski definition) is 0. The lowest BCUT2D eigenvalue weighted by molar-refractivity contribution is -0.137. The Morgan fingerprint density at radius 1 is 1.09 bits per heavy atom. The van der Waals surface area contributed by atoms with E-state index in [0.29, 0.717) is 30.0 Å². The number of carbonyl (C=O) groups is 1. The SMILES string of the molecule is O=C(Cc1ccc(F)cc1)N1CCCC(c2cncc(-c3cccc(C(F)(F)F)c3)n2)C1. The Balaban J connectivity index is 1.49. The van der Waals surface area contributed by atoms with Crippen molar-refractivity contribution >= 4 is 5.91 Å². The molecule has 0 bridgehead atoms. The summed E-state index contributed by atoms with van der Waals surface area (Å²) in [6.07, 6.45) is 0.393. The zero-order chi connectivity index (χ0) is 22.7. The van der Waals surface area contributed by atoms with Crippen LogP contribution in [-0.4, -0.2) is 33.9 Å². The first-order chi connectivity index (χ1) is 15.3. The Labute approximate surface area is 182 Å². The number of rotatable bonds is 4. The Bertz CT molecular complexity index is 1100. The largest absolute Gasteiger partial charge is 0.416 e. The summed E-state index contributed by atoms with van der Waals surface area (Å²) in [6.45, 7) is 1.08. The normalized spacial score (nSPS) is 16.8. The fourth-order valence-electron chi connectivity index (χ4n) is 3.91. The third-order valence-corrected chi connectivity index (χ3v) is 5.60. The van der Waals surface area contributed by atoms with Gasteiger partial charge in [-0.3, -0.25) is 9.78 Å². The molecule has 1 unspecified atom stereocenters. The molecule has 8 heteroatoms. The number of benzene rings is 2. The molecule has 1 aliphatic rings. The molecular weight excluding hydrogens is 422 g/mol.